The monoisotopic (exact) mass is 713 g/mol. The first-order chi connectivity index (χ1) is 23.0. The zero-order valence-electron chi connectivity index (χ0n) is 26.7. The molecule has 0 bridgehead atoms. The van der Waals surface area contributed by atoms with E-state index in [0.717, 1.165) is 0 Å². The topological polar surface area (TPSA) is 316 Å². The molecule has 3 aliphatic heterocycles. The first-order valence-corrected chi connectivity index (χ1v) is 16.6. The standard InChI is InChI=1S/C30H48O19/c1-9-21(38)24(41)26(43)29(45-9)49-28-25(42)23(40)18(8-44-20(37)7-19(35)36)48-30(28)47-17-6-12-13(32)4-11(31)5-16(12)46-27(17)10-2-14(33)22(39)15(34)3-10/h9-18,21-34,38-43H,2-8H2,1H3,(H,35,36)/p+1/t9-,10?,11?,12?,13?,14?,15?,16?,17?,18+,21-,22?,23+,24+,25-,26+,27?,28+,29-,30+/m0/s1. The van der Waals surface area contributed by atoms with E-state index in [2.05, 4.69) is 0 Å². The molecule has 2 aliphatic carbocycles. The Balaban J connectivity index is 1.43. The van der Waals surface area contributed by atoms with Gasteiger partial charge >= 0.3 is 11.9 Å². The highest BCUT2D eigenvalue weighted by molar-refractivity contribution is 5.90. The number of fused-ring (bicyclic) bond motifs is 1. The number of carboxylic acid groups (broad SMARTS) is 1. The van der Waals surface area contributed by atoms with Crippen LogP contribution in [0.25, 0.3) is 0 Å². The van der Waals surface area contributed by atoms with Gasteiger partial charge in [-0.2, -0.15) is 0 Å². The summed E-state index contributed by atoms with van der Waals surface area (Å²) in [5.74, 6) is -3.72. The number of hydrogen-bond acceptors (Lipinski definition) is 17. The average Bonchev–Trinajstić information content (AvgIpc) is 3.03. The minimum Gasteiger partial charge on any atom is -0.481 e. The molecule has 19 nitrogen and oxygen atoms in total. The second kappa shape index (κ2) is 15.9. The van der Waals surface area contributed by atoms with Crippen LogP contribution in [-0.4, -0.2) is 190 Å². The molecule has 12 N–H and O–H groups in total. The van der Waals surface area contributed by atoms with Crippen LogP contribution in [0.15, 0.2) is 0 Å². The quantitative estimate of drug-likeness (QED) is 0.0602. The number of esters is 1. The molecular weight excluding hydrogens is 664 g/mol. The van der Waals surface area contributed by atoms with Gasteiger partial charge in [-0.05, 0) is 26.2 Å². The van der Waals surface area contributed by atoms with E-state index >= 15 is 0 Å². The summed E-state index contributed by atoms with van der Waals surface area (Å²) in [4.78, 5) is 22.9. The predicted octanol–water partition coefficient (Wildman–Crippen LogP) is -5.66. The molecule has 0 amide bonds. The molecular formula is C30H49O19+. The Morgan fingerprint density at radius 1 is 0.714 bits per heavy atom. The molecule has 282 valence electrons. The maximum atomic E-state index is 12.0. The maximum absolute atomic E-state index is 12.0. The molecule has 3 heterocycles. The van der Waals surface area contributed by atoms with E-state index in [1.165, 1.54) is 6.92 Å². The van der Waals surface area contributed by atoms with Crippen molar-refractivity contribution in [2.75, 3.05) is 6.61 Å². The molecule has 5 rings (SSSR count). The third-order valence-electron chi connectivity index (χ3n) is 10.4. The van der Waals surface area contributed by atoms with E-state index in [1.807, 2.05) is 0 Å². The zero-order chi connectivity index (χ0) is 35.9. The van der Waals surface area contributed by atoms with Crippen molar-refractivity contribution in [2.24, 2.45) is 11.8 Å². The number of carboxylic acids is 1. The Bertz CT molecular complexity index is 1120. The first kappa shape index (κ1) is 38.6. The molecule has 0 aromatic rings. The van der Waals surface area contributed by atoms with E-state index < -0.39 is 147 Å². The number of carbonyl (C=O) groups is 2. The van der Waals surface area contributed by atoms with Crippen molar-refractivity contribution in [1.29, 1.82) is 0 Å². The summed E-state index contributed by atoms with van der Waals surface area (Å²) >= 11 is 0. The summed E-state index contributed by atoms with van der Waals surface area (Å²) in [7, 11) is 0. The molecule has 0 aromatic heterocycles. The molecule has 49 heavy (non-hydrogen) atoms. The Morgan fingerprint density at radius 3 is 2.04 bits per heavy atom. The highest BCUT2D eigenvalue weighted by Crippen LogP contribution is 2.42. The van der Waals surface area contributed by atoms with Gasteiger partial charge in [-0.25, -0.2) is 0 Å². The van der Waals surface area contributed by atoms with E-state index in [4.69, 9.17) is 33.5 Å². The number of rotatable bonds is 9. The van der Waals surface area contributed by atoms with Crippen LogP contribution < -0.4 is 0 Å². The van der Waals surface area contributed by atoms with Crippen LogP contribution >= 0.6 is 0 Å². The molecule has 5 aliphatic rings. The molecule has 18 atom stereocenters. The van der Waals surface area contributed by atoms with Gasteiger partial charge in [0, 0.05) is 18.8 Å². The van der Waals surface area contributed by atoms with Gasteiger partial charge in [0.1, 0.15) is 68.0 Å². The summed E-state index contributed by atoms with van der Waals surface area (Å²) in [5, 5.41) is 115. The number of hydrogen-bond donors (Lipinski definition) is 11. The molecule has 0 spiro atoms. The van der Waals surface area contributed by atoms with Crippen molar-refractivity contribution in [3.8, 4) is 0 Å². The third kappa shape index (κ3) is 8.53. The SMILES string of the molecule is C[C@@H]1O[C@@H](O[C@H]2[C@H](OC3CC4C(O)CC(O)CC4[OH+]C3C3CC(O)C(O)C(O)C3)O[C@H](COC(=O)CC(=O)O)[C@@H](O)[C@@H]2O)[C@H](O)[C@H](O)[C@H]1O. The minimum atomic E-state index is -1.90. The minimum absolute atomic E-state index is 0.00387. The van der Waals surface area contributed by atoms with E-state index in [0.29, 0.717) is 0 Å². The van der Waals surface area contributed by atoms with Crippen molar-refractivity contribution in [1.82, 2.24) is 0 Å². The Labute approximate surface area is 280 Å². The second-order valence-corrected chi connectivity index (χ2v) is 13.9. The smallest absolute Gasteiger partial charge is 0.317 e. The van der Waals surface area contributed by atoms with Crippen LogP contribution in [-0.2, 0) is 33.3 Å². The van der Waals surface area contributed by atoms with Gasteiger partial charge in [0.15, 0.2) is 24.8 Å². The first-order valence-electron chi connectivity index (χ1n) is 16.6. The fraction of sp³-hybridized carbons (Fsp3) is 0.933. The van der Waals surface area contributed by atoms with Gasteiger partial charge in [-0.1, -0.05) is 0 Å². The Kier molecular flexibility index (Phi) is 12.5. The van der Waals surface area contributed by atoms with Gasteiger partial charge in [0.25, 0.3) is 0 Å². The van der Waals surface area contributed by atoms with Crippen molar-refractivity contribution >= 4 is 11.9 Å². The molecule has 0 radical (unpaired) electrons. The number of ether oxygens (including phenoxy) is 6. The van der Waals surface area contributed by atoms with Gasteiger partial charge in [0.05, 0.1) is 36.4 Å². The van der Waals surface area contributed by atoms with Crippen LogP contribution in [0.5, 0.6) is 0 Å². The molecule has 2 saturated carbocycles. The van der Waals surface area contributed by atoms with Crippen LogP contribution in [0.2, 0.25) is 0 Å². The van der Waals surface area contributed by atoms with Crippen LogP contribution in [0, 0.1) is 11.8 Å². The molecule has 0 aromatic carbocycles. The fourth-order valence-electron chi connectivity index (χ4n) is 7.66. The van der Waals surface area contributed by atoms with Crippen LogP contribution in [0.1, 0.15) is 45.4 Å². The summed E-state index contributed by atoms with van der Waals surface area (Å²) in [6, 6.07) is 0. The molecule has 8 unspecified atom stereocenters. The summed E-state index contributed by atoms with van der Waals surface area (Å²) in [5.41, 5.74) is 0. The van der Waals surface area contributed by atoms with Gasteiger partial charge < -0.3 is 84.6 Å². The fourth-order valence-corrected chi connectivity index (χ4v) is 7.66. The third-order valence-corrected chi connectivity index (χ3v) is 10.4. The van der Waals surface area contributed by atoms with Gasteiger partial charge in [0.2, 0.25) is 0 Å². The largest absolute Gasteiger partial charge is 0.481 e. The summed E-state index contributed by atoms with van der Waals surface area (Å²) in [6.07, 6.45) is -25.1. The van der Waals surface area contributed by atoms with E-state index in [9.17, 15) is 60.7 Å². The number of aliphatic hydroxyl groups is 12. The van der Waals surface area contributed by atoms with Gasteiger partial charge in [-0.3, -0.25) is 9.59 Å². The van der Waals surface area contributed by atoms with Crippen molar-refractivity contribution in [3.63, 3.8) is 0 Å². The molecule has 3 saturated heterocycles. The lowest BCUT2D eigenvalue weighted by Gasteiger charge is -2.50. The molecule has 19 heteroatoms. The number of aliphatic carboxylic acids is 1. The van der Waals surface area contributed by atoms with Crippen LogP contribution in [0.4, 0.5) is 0 Å². The predicted molar refractivity (Wildman–Crippen MR) is 156 cm³/mol. The lowest BCUT2D eigenvalue weighted by atomic mass is 9.72. The average molecular weight is 714 g/mol. The zero-order valence-corrected chi connectivity index (χ0v) is 26.7. The van der Waals surface area contributed by atoms with E-state index in [-0.39, 0.29) is 32.1 Å². The Hall–Kier alpha value is -1.66. The lowest BCUT2D eigenvalue weighted by molar-refractivity contribution is -0.386. The van der Waals surface area contributed by atoms with Crippen LogP contribution in [0.3, 0.4) is 0 Å². The van der Waals surface area contributed by atoms with E-state index in [1.54, 1.807) is 0 Å². The van der Waals surface area contributed by atoms with Gasteiger partial charge in [-0.15, -0.1) is 0 Å². The highest BCUT2D eigenvalue weighted by atomic mass is 16.8. The number of carbonyl (C=O) groups excluding carboxylic acids is 1. The lowest BCUT2D eigenvalue weighted by Crippen LogP contribution is -2.66. The normalized spacial score (nSPS) is 50.7. The van der Waals surface area contributed by atoms with Crippen molar-refractivity contribution in [2.45, 2.75) is 156 Å². The summed E-state index contributed by atoms with van der Waals surface area (Å²) in [6.45, 7) is 0.676. The number of aliphatic hydroxyl groups excluding tert-OH is 10. The Morgan fingerprint density at radius 2 is 1.39 bits per heavy atom. The maximum Gasteiger partial charge on any atom is 0.317 e. The van der Waals surface area contributed by atoms with Crippen molar-refractivity contribution < 1.29 is 94.2 Å². The highest BCUT2D eigenvalue weighted by Gasteiger charge is 2.57. The molecule has 5 fully saturated rings. The summed E-state index contributed by atoms with van der Waals surface area (Å²) < 4.78 is 33.6. The van der Waals surface area contributed by atoms with Crippen molar-refractivity contribution in [3.05, 3.63) is 0 Å². The second-order valence-electron chi connectivity index (χ2n) is 13.9.